The molecule has 0 fully saturated rings. The summed E-state index contributed by atoms with van der Waals surface area (Å²) in [6, 6.07) is 6.61. The van der Waals surface area contributed by atoms with Gasteiger partial charge in [-0.2, -0.15) is 5.10 Å². The third-order valence-electron chi connectivity index (χ3n) is 1.96. The SMILES string of the molecule is O=C(NN=Cc1ccc(Br)o1)c1cccnc1Cl. The van der Waals surface area contributed by atoms with Crippen molar-refractivity contribution in [2.24, 2.45) is 5.10 Å². The highest BCUT2D eigenvalue weighted by Gasteiger charge is 2.09. The van der Waals surface area contributed by atoms with Gasteiger partial charge in [0.2, 0.25) is 0 Å². The zero-order valence-electron chi connectivity index (χ0n) is 8.93. The van der Waals surface area contributed by atoms with Crippen molar-refractivity contribution in [2.75, 3.05) is 0 Å². The number of rotatable bonds is 3. The van der Waals surface area contributed by atoms with Gasteiger partial charge in [-0.3, -0.25) is 4.79 Å². The molecule has 7 heteroatoms. The van der Waals surface area contributed by atoms with E-state index in [2.05, 4.69) is 31.4 Å². The van der Waals surface area contributed by atoms with Gasteiger partial charge >= 0.3 is 0 Å². The van der Waals surface area contributed by atoms with Crippen LogP contribution in [-0.2, 0) is 0 Å². The van der Waals surface area contributed by atoms with Gasteiger partial charge in [-0.25, -0.2) is 10.4 Å². The molecule has 2 aromatic heterocycles. The predicted octanol–water partition coefficient (Wildman–Crippen LogP) is 2.85. The zero-order chi connectivity index (χ0) is 13.0. The number of hydrogen-bond acceptors (Lipinski definition) is 4. The van der Waals surface area contributed by atoms with E-state index >= 15 is 0 Å². The third kappa shape index (κ3) is 3.18. The molecule has 1 amide bonds. The van der Waals surface area contributed by atoms with Gasteiger partial charge in [-0.15, -0.1) is 0 Å². The standard InChI is InChI=1S/C11H7BrClN3O2/c12-9-4-3-7(18-9)6-15-16-11(17)8-2-1-5-14-10(8)13/h1-6H,(H,16,17). The molecule has 5 nitrogen and oxygen atoms in total. The number of halogens is 2. The van der Waals surface area contributed by atoms with Gasteiger partial charge in [0.1, 0.15) is 10.9 Å². The van der Waals surface area contributed by atoms with E-state index in [1.165, 1.54) is 12.4 Å². The number of nitrogens with one attached hydrogen (secondary N) is 1. The Labute approximate surface area is 116 Å². The van der Waals surface area contributed by atoms with Crippen LogP contribution in [-0.4, -0.2) is 17.1 Å². The van der Waals surface area contributed by atoms with Crippen molar-refractivity contribution < 1.29 is 9.21 Å². The fourth-order valence-electron chi connectivity index (χ4n) is 1.17. The lowest BCUT2D eigenvalue weighted by molar-refractivity contribution is 0.0955. The van der Waals surface area contributed by atoms with Gasteiger partial charge in [0.15, 0.2) is 4.67 Å². The number of aromatic nitrogens is 1. The summed E-state index contributed by atoms with van der Waals surface area (Å²) in [6.45, 7) is 0. The van der Waals surface area contributed by atoms with Gasteiger partial charge in [0, 0.05) is 6.20 Å². The average Bonchev–Trinajstić information content (AvgIpc) is 2.75. The molecule has 0 aliphatic rings. The molecule has 0 unspecified atom stereocenters. The van der Waals surface area contributed by atoms with E-state index < -0.39 is 5.91 Å². The monoisotopic (exact) mass is 327 g/mol. The summed E-state index contributed by atoms with van der Waals surface area (Å²) in [5.74, 6) is 0.0782. The van der Waals surface area contributed by atoms with Crippen LogP contribution in [0.5, 0.6) is 0 Å². The Morgan fingerprint density at radius 3 is 3.00 bits per heavy atom. The second-order valence-corrected chi connectivity index (χ2v) is 4.32. The summed E-state index contributed by atoms with van der Waals surface area (Å²) < 4.78 is 5.76. The number of nitrogens with zero attached hydrogens (tertiary/aromatic N) is 2. The number of carbonyl (C=O) groups excluding carboxylic acids is 1. The first-order chi connectivity index (χ1) is 8.66. The number of carbonyl (C=O) groups is 1. The third-order valence-corrected chi connectivity index (χ3v) is 2.68. The van der Waals surface area contributed by atoms with Crippen LogP contribution >= 0.6 is 27.5 Å². The minimum absolute atomic E-state index is 0.131. The quantitative estimate of drug-likeness (QED) is 0.535. The first kappa shape index (κ1) is 12.8. The minimum Gasteiger partial charge on any atom is -0.448 e. The first-order valence-electron chi connectivity index (χ1n) is 4.86. The van der Waals surface area contributed by atoms with E-state index in [-0.39, 0.29) is 10.7 Å². The zero-order valence-corrected chi connectivity index (χ0v) is 11.3. The van der Waals surface area contributed by atoms with E-state index in [1.807, 2.05) is 0 Å². The lowest BCUT2D eigenvalue weighted by atomic mass is 10.3. The summed E-state index contributed by atoms with van der Waals surface area (Å²) in [5, 5.41) is 3.88. The van der Waals surface area contributed by atoms with E-state index in [0.717, 1.165) is 0 Å². The Morgan fingerprint density at radius 1 is 1.50 bits per heavy atom. The maximum Gasteiger partial charge on any atom is 0.274 e. The molecule has 0 aliphatic carbocycles. The molecule has 0 aromatic carbocycles. The highest BCUT2D eigenvalue weighted by Crippen LogP contribution is 2.12. The molecule has 0 saturated heterocycles. The summed E-state index contributed by atoms with van der Waals surface area (Å²) in [6.07, 6.45) is 2.88. The Kier molecular flexibility index (Phi) is 4.11. The lowest BCUT2D eigenvalue weighted by Gasteiger charge is -2.00. The average molecular weight is 329 g/mol. The van der Waals surface area contributed by atoms with Gasteiger partial charge in [-0.05, 0) is 40.2 Å². The fourth-order valence-corrected chi connectivity index (χ4v) is 1.69. The number of amides is 1. The van der Waals surface area contributed by atoms with Crippen LogP contribution in [0.3, 0.4) is 0 Å². The molecule has 2 aromatic rings. The lowest BCUT2D eigenvalue weighted by Crippen LogP contribution is -2.18. The molecule has 1 N–H and O–H groups in total. The number of furan rings is 1. The van der Waals surface area contributed by atoms with Gasteiger partial charge in [-0.1, -0.05) is 11.6 Å². The molecule has 2 rings (SSSR count). The molecule has 18 heavy (non-hydrogen) atoms. The molecule has 92 valence electrons. The van der Waals surface area contributed by atoms with Gasteiger partial charge in [0.05, 0.1) is 11.8 Å². The first-order valence-corrected chi connectivity index (χ1v) is 6.03. The fraction of sp³-hybridized carbons (Fsp3) is 0. The minimum atomic E-state index is -0.435. The molecular weight excluding hydrogens is 321 g/mol. The van der Waals surface area contributed by atoms with Crippen LogP contribution < -0.4 is 5.43 Å². The number of hydrazone groups is 1. The van der Waals surface area contributed by atoms with Crippen LogP contribution in [0.4, 0.5) is 0 Å². The summed E-state index contributed by atoms with van der Waals surface area (Å²) in [5.41, 5.74) is 2.59. The van der Waals surface area contributed by atoms with Crippen LogP contribution in [0.25, 0.3) is 0 Å². The van der Waals surface area contributed by atoms with Gasteiger partial charge in [0.25, 0.3) is 5.91 Å². The van der Waals surface area contributed by atoms with Crippen LogP contribution in [0.15, 0.2) is 44.7 Å². The van der Waals surface area contributed by atoms with Crippen molar-refractivity contribution >= 4 is 39.7 Å². The summed E-state index contributed by atoms with van der Waals surface area (Å²) in [7, 11) is 0. The summed E-state index contributed by atoms with van der Waals surface area (Å²) in [4.78, 5) is 15.5. The highest BCUT2D eigenvalue weighted by atomic mass is 79.9. The smallest absolute Gasteiger partial charge is 0.274 e. The normalized spacial score (nSPS) is 10.8. The molecule has 0 bridgehead atoms. The van der Waals surface area contributed by atoms with Crippen LogP contribution in [0.1, 0.15) is 16.1 Å². The predicted molar refractivity (Wildman–Crippen MR) is 70.7 cm³/mol. The Hall–Kier alpha value is -1.66. The van der Waals surface area contributed by atoms with Crippen molar-refractivity contribution in [1.29, 1.82) is 0 Å². The molecular formula is C11H7BrClN3O2. The molecule has 0 radical (unpaired) electrons. The topological polar surface area (TPSA) is 67.5 Å². The largest absolute Gasteiger partial charge is 0.448 e. The van der Waals surface area contributed by atoms with Crippen molar-refractivity contribution in [1.82, 2.24) is 10.4 Å². The second-order valence-electron chi connectivity index (χ2n) is 3.18. The van der Waals surface area contributed by atoms with Crippen LogP contribution in [0.2, 0.25) is 5.15 Å². The van der Waals surface area contributed by atoms with Crippen molar-refractivity contribution in [3.8, 4) is 0 Å². The Bertz CT molecular complexity index is 597. The molecule has 0 spiro atoms. The molecule has 0 saturated carbocycles. The maximum absolute atomic E-state index is 11.7. The highest BCUT2D eigenvalue weighted by molar-refractivity contribution is 9.10. The van der Waals surface area contributed by atoms with E-state index in [1.54, 1.807) is 24.3 Å². The second kappa shape index (κ2) is 5.79. The molecule has 0 atom stereocenters. The Balaban J connectivity index is 2.01. The molecule has 2 heterocycles. The summed E-state index contributed by atoms with van der Waals surface area (Å²) >= 11 is 8.93. The number of hydrogen-bond donors (Lipinski definition) is 1. The Morgan fingerprint density at radius 2 is 2.33 bits per heavy atom. The van der Waals surface area contributed by atoms with Crippen molar-refractivity contribution in [2.45, 2.75) is 0 Å². The van der Waals surface area contributed by atoms with Crippen molar-refractivity contribution in [3.63, 3.8) is 0 Å². The number of pyridine rings is 1. The van der Waals surface area contributed by atoms with E-state index in [0.29, 0.717) is 10.4 Å². The molecule has 0 aliphatic heterocycles. The van der Waals surface area contributed by atoms with Crippen molar-refractivity contribution in [3.05, 3.63) is 51.6 Å². The maximum atomic E-state index is 11.7. The van der Waals surface area contributed by atoms with E-state index in [9.17, 15) is 4.79 Å². The van der Waals surface area contributed by atoms with E-state index in [4.69, 9.17) is 16.0 Å². The van der Waals surface area contributed by atoms with Crippen LogP contribution in [0, 0.1) is 0 Å². The van der Waals surface area contributed by atoms with Gasteiger partial charge < -0.3 is 4.42 Å².